The molecule has 0 aliphatic rings. The molecule has 2 aromatic carbocycles. The highest BCUT2D eigenvalue weighted by molar-refractivity contribution is 7.99. The van der Waals surface area contributed by atoms with Gasteiger partial charge < -0.3 is 10.2 Å². The molecule has 1 N–H and O–H groups in total. The first-order valence-corrected chi connectivity index (χ1v) is 12.6. The van der Waals surface area contributed by atoms with Crippen molar-refractivity contribution in [2.24, 2.45) is 0 Å². The molecule has 178 valence electrons. The fourth-order valence-electron chi connectivity index (χ4n) is 3.88. The molecule has 0 aliphatic carbocycles. The van der Waals surface area contributed by atoms with Gasteiger partial charge in [0.25, 0.3) is 5.56 Å². The summed E-state index contributed by atoms with van der Waals surface area (Å²) in [7, 11) is 2.05. The topological polar surface area (TPSA) is 84.5 Å². The van der Waals surface area contributed by atoms with E-state index in [4.69, 9.17) is 0 Å². The molecule has 1 amide bonds. The summed E-state index contributed by atoms with van der Waals surface area (Å²) in [5, 5.41) is 12.8. The highest BCUT2D eigenvalue weighted by atomic mass is 32.2. The molecule has 0 bridgehead atoms. The third-order valence-electron chi connectivity index (χ3n) is 5.74. The second kappa shape index (κ2) is 11.2. The Bertz CT molecular complexity index is 1320. The Balaban J connectivity index is 1.40. The molecule has 0 spiro atoms. The predicted molar refractivity (Wildman–Crippen MR) is 138 cm³/mol. The van der Waals surface area contributed by atoms with Gasteiger partial charge >= 0.3 is 0 Å². The lowest BCUT2D eigenvalue weighted by Gasteiger charge is -2.19. The monoisotopic (exact) mass is 478 g/mol. The lowest BCUT2D eigenvalue weighted by Crippen LogP contribution is -2.29. The van der Waals surface area contributed by atoms with Crippen LogP contribution in [-0.4, -0.2) is 51.0 Å². The van der Waals surface area contributed by atoms with Crippen molar-refractivity contribution >= 4 is 40.0 Å². The standard InChI is InChI=1S/C25H30N6O2S/c1-3-4-17-30-23(33)20-13-8-9-14-21(20)31-24(30)27-28-25(31)34-18-22(32)26-15-10-16-29(2)19-11-6-5-7-12-19/h5-9,11-14H,3-4,10,15-18H2,1-2H3,(H,26,32). The maximum Gasteiger partial charge on any atom is 0.262 e. The summed E-state index contributed by atoms with van der Waals surface area (Å²) in [6.07, 6.45) is 2.71. The molecule has 8 nitrogen and oxygen atoms in total. The van der Waals surface area contributed by atoms with Crippen molar-refractivity contribution in [3.8, 4) is 0 Å². The molecule has 9 heteroatoms. The van der Waals surface area contributed by atoms with E-state index < -0.39 is 0 Å². The molecule has 0 radical (unpaired) electrons. The van der Waals surface area contributed by atoms with E-state index in [1.54, 1.807) is 4.57 Å². The number of thioether (sulfide) groups is 1. The smallest absolute Gasteiger partial charge is 0.262 e. The summed E-state index contributed by atoms with van der Waals surface area (Å²) in [6, 6.07) is 17.7. The van der Waals surface area contributed by atoms with Gasteiger partial charge in [-0.2, -0.15) is 0 Å². The summed E-state index contributed by atoms with van der Waals surface area (Å²) in [6.45, 7) is 4.14. The largest absolute Gasteiger partial charge is 0.375 e. The van der Waals surface area contributed by atoms with Crippen LogP contribution in [0.25, 0.3) is 16.7 Å². The second-order valence-electron chi connectivity index (χ2n) is 8.19. The number of unbranched alkanes of at least 4 members (excludes halogenated alkanes) is 1. The maximum absolute atomic E-state index is 13.0. The van der Waals surface area contributed by atoms with Crippen LogP contribution >= 0.6 is 11.8 Å². The number of rotatable bonds is 11. The Hall–Kier alpha value is -3.33. The Labute approximate surface area is 203 Å². The van der Waals surface area contributed by atoms with Crippen molar-refractivity contribution in [3.05, 3.63) is 65.0 Å². The van der Waals surface area contributed by atoms with Crippen LogP contribution in [0, 0.1) is 0 Å². The number of amides is 1. The lowest BCUT2D eigenvalue weighted by atomic mass is 10.2. The van der Waals surface area contributed by atoms with E-state index in [1.807, 2.05) is 53.9 Å². The van der Waals surface area contributed by atoms with Crippen LogP contribution in [0.3, 0.4) is 0 Å². The van der Waals surface area contributed by atoms with E-state index in [9.17, 15) is 9.59 Å². The van der Waals surface area contributed by atoms with Gasteiger partial charge in [-0.3, -0.25) is 18.6 Å². The van der Waals surface area contributed by atoms with Crippen LogP contribution in [0.2, 0.25) is 0 Å². The van der Waals surface area contributed by atoms with Crippen molar-refractivity contribution < 1.29 is 4.79 Å². The third kappa shape index (κ3) is 5.25. The van der Waals surface area contributed by atoms with Crippen molar-refractivity contribution in [3.63, 3.8) is 0 Å². The summed E-state index contributed by atoms with van der Waals surface area (Å²) >= 11 is 1.33. The minimum absolute atomic E-state index is 0.0484. The Morgan fingerprint density at radius 3 is 2.62 bits per heavy atom. The highest BCUT2D eigenvalue weighted by Crippen LogP contribution is 2.21. The van der Waals surface area contributed by atoms with Crippen LogP contribution in [0.1, 0.15) is 26.2 Å². The minimum Gasteiger partial charge on any atom is -0.375 e. The molecule has 4 aromatic rings. The van der Waals surface area contributed by atoms with Gasteiger partial charge in [0.1, 0.15) is 0 Å². The van der Waals surface area contributed by atoms with Gasteiger partial charge in [0.2, 0.25) is 11.7 Å². The van der Waals surface area contributed by atoms with E-state index in [2.05, 4.69) is 39.5 Å². The van der Waals surface area contributed by atoms with Crippen molar-refractivity contribution in [2.45, 2.75) is 37.9 Å². The van der Waals surface area contributed by atoms with Gasteiger partial charge in [0.15, 0.2) is 5.16 Å². The summed E-state index contributed by atoms with van der Waals surface area (Å²) < 4.78 is 3.57. The van der Waals surface area contributed by atoms with Gasteiger partial charge in [0, 0.05) is 32.4 Å². The van der Waals surface area contributed by atoms with Crippen LogP contribution in [0.4, 0.5) is 5.69 Å². The zero-order valence-electron chi connectivity index (χ0n) is 19.6. The Kier molecular flexibility index (Phi) is 7.84. The average molecular weight is 479 g/mol. The summed E-state index contributed by atoms with van der Waals surface area (Å²) in [5.41, 5.74) is 1.86. The molecule has 2 aromatic heterocycles. The number of para-hydroxylation sites is 2. The number of nitrogens with one attached hydrogen (secondary N) is 1. The number of hydrogen-bond donors (Lipinski definition) is 1. The lowest BCUT2D eigenvalue weighted by molar-refractivity contribution is -0.118. The van der Waals surface area contributed by atoms with E-state index >= 15 is 0 Å². The molecule has 0 saturated carbocycles. The molecule has 34 heavy (non-hydrogen) atoms. The van der Waals surface area contributed by atoms with Crippen molar-refractivity contribution in [1.82, 2.24) is 24.5 Å². The van der Waals surface area contributed by atoms with E-state index in [1.165, 1.54) is 11.8 Å². The highest BCUT2D eigenvalue weighted by Gasteiger charge is 2.17. The Morgan fingerprint density at radius 1 is 1.06 bits per heavy atom. The molecule has 4 rings (SSSR count). The van der Waals surface area contributed by atoms with Gasteiger partial charge in [-0.15, -0.1) is 10.2 Å². The van der Waals surface area contributed by atoms with Gasteiger partial charge in [0.05, 0.1) is 16.7 Å². The first kappa shape index (κ1) is 23.8. The number of hydrogen-bond acceptors (Lipinski definition) is 6. The fourth-order valence-corrected chi connectivity index (χ4v) is 4.65. The first-order chi connectivity index (χ1) is 16.6. The quantitative estimate of drug-likeness (QED) is 0.262. The number of nitrogens with zero attached hydrogens (tertiary/aromatic N) is 5. The molecule has 0 atom stereocenters. The zero-order chi connectivity index (χ0) is 23.9. The number of aromatic nitrogens is 4. The SMILES string of the molecule is CCCCn1c(=O)c2ccccc2n2c(SCC(=O)NCCCN(C)c3ccccc3)nnc12. The van der Waals surface area contributed by atoms with E-state index in [0.29, 0.717) is 29.4 Å². The van der Waals surface area contributed by atoms with Gasteiger partial charge in [-0.05, 0) is 37.1 Å². The van der Waals surface area contributed by atoms with Crippen LogP contribution in [-0.2, 0) is 11.3 Å². The molecular formula is C25H30N6O2S. The predicted octanol–water partition coefficient (Wildman–Crippen LogP) is 3.58. The molecule has 0 unspecified atom stereocenters. The van der Waals surface area contributed by atoms with E-state index in [0.717, 1.165) is 37.0 Å². The number of benzene rings is 2. The van der Waals surface area contributed by atoms with Crippen molar-refractivity contribution in [2.75, 3.05) is 30.8 Å². The van der Waals surface area contributed by atoms with E-state index in [-0.39, 0.29) is 17.2 Å². The zero-order valence-corrected chi connectivity index (χ0v) is 20.4. The maximum atomic E-state index is 13.0. The minimum atomic E-state index is -0.0567. The van der Waals surface area contributed by atoms with Crippen LogP contribution in [0.5, 0.6) is 0 Å². The number of aryl methyl sites for hydroxylation is 1. The molecular weight excluding hydrogens is 448 g/mol. The van der Waals surface area contributed by atoms with Gasteiger partial charge in [-0.1, -0.05) is 55.4 Å². The first-order valence-electron chi connectivity index (χ1n) is 11.6. The van der Waals surface area contributed by atoms with Crippen LogP contribution < -0.4 is 15.8 Å². The molecule has 0 saturated heterocycles. The third-order valence-corrected chi connectivity index (χ3v) is 6.66. The molecule has 2 heterocycles. The Morgan fingerprint density at radius 2 is 1.82 bits per heavy atom. The average Bonchev–Trinajstić information content (AvgIpc) is 3.29. The van der Waals surface area contributed by atoms with Crippen LogP contribution in [0.15, 0.2) is 64.5 Å². The normalized spacial score (nSPS) is 11.2. The molecule has 0 aliphatic heterocycles. The second-order valence-corrected chi connectivity index (χ2v) is 9.14. The number of fused-ring (bicyclic) bond motifs is 3. The fraction of sp³-hybridized carbons (Fsp3) is 0.360. The molecule has 0 fully saturated rings. The summed E-state index contributed by atoms with van der Waals surface area (Å²) in [4.78, 5) is 27.6. The van der Waals surface area contributed by atoms with Gasteiger partial charge in [-0.25, -0.2) is 0 Å². The summed E-state index contributed by atoms with van der Waals surface area (Å²) in [5.74, 6) is 0.703. The van der Waals surface area contributed by atoms with Crippen molar-refractivity contribution in [1.29, 1.82) is 0 Å². The number of carbonyl (C=O) groups excluding carboxylic acids is 1. The number of anilines is 1. The number of carbonyl (C=O) groups is 1.